The zero-order valence-electron chi connectivity index (χ0n) is 28.6. The number of ether oxygens (including phenoxy) is 2. The molecule has 13 heteroatoms. The molecule has 5 rings (SSSR count). The van der Waals surface area contributed by atoms with Gasteiger partial charge in [-0.15, -0.1) is 23.1 Å². The Bertz CT molecular complexity index is 2020. The second-order valence-corrected chi connectivity index (χ2v) is 13.9. The first kappa shape index (κ1) is 36.7. The van der Waals surface area contributed by atoms with Crippen LogP contribution in [0.4, 0.5) is 10.7 Å². The van der Waals surface area contributed by atoms with Gasteiger partial charge in [-0.2, -0.15) is 5.26 Å². The van der Waals surface area contributed by atoms with Gasteiger partial charge in [0.05, 0.1) is 31.6 Å². The average molecular weight is 724 g/mol. The zero-order valence-corrected chi connectivity index (χ0v) is 30.2. The van der Waals surface area contributed by atoms with Crippen LogP contribution >= 0.6 is 23.1 Å². The summed E-state index contributed by atoms with van der Waals surface area (Å²) in [5, 5.41) is 18.5. The summed E-state index contributed by atoms with van der Waals surface area (Å²) in [6, 6.07) is 23.0. The summed E-state index contributed by atoms with van der Waals surface area (Å²) in [4.78, 5) is 55.7. The van der Waals surface area contributed by atoms with Gasteiger partial charge in [-0.25, -0.2) is 0 Å². The first-order chi connectivity index (χ1) is 24.6. The largest absolute Gasteiger partial charge is 0.497 e. The highest BCUT2D eigenvalue weighted by Crippen LogP contribution is 2.38. The van der Waals surface area contributed by atoms with Crippen LogP contribution in [-0.2, 0) is 27.3 Å². The van der Waals surface area contributed by atoms with Crippen LogP contribution in [0.25, 0.3) is 6.08 Å². The Labute approximate surface area is 304 Å². The number of fused-ring (bicyclic) bond motifs is 1. The number of carbonyl (C=O) groups excluding carboxylic acids is 4. The molecule has 1 aliphatic heterocycles. The van der Waals surface area contributed by atoms with E-state index < -0.39 is 17.1 Å². The molecule has 0 spiro atoms. The van der Waals surface area contributed by atoms with Crippen LogP contribution in [0, 0.1) is 11.3 Å². The van der Waals surface area contributed by atoms with E-state index in [0.717, 1.165) is 15.3 Å². The Kier molecular flexibility index (Phi) is 12.2. The number of anilines is 2. The first-order valence-corrected chi connectivity index (χ1v) is 17.8. The molecular weight excluding hydrogens is 687 g/mol. The lowest BCUT2D eigenvalue weighted by atomic mass is 10.0. The number of amides is 4. The highest BCUT2D eigenvalue weighted by atomic mass is 32.2. The molecule has 1 aliphatic rings. The highest BCUT2D eigenvalue weighted by molar-refractivity contribution is 8.00. The van der Waals surface area contributed by atoms with Gasteiger partial charge in [-0.05, 0) is 66.9 Å². The number of hydrogen-bond acceptors (Lipinski definition) is 9. The lowest BCUT2D eigenvalue weighted by molar-refractivity contribution is -0.129. The molecule has 0 fully saturated rings. The standard InChI is InChI=1S/C38H37N5O6S2/c1-5-33(37(47)42-38-30(21-39)29-16-17-43(23(2)44)22-34(29)51-38)50-28-13-9-12-26(19-28)40-36(46)31(41-35(45)24-10-7-6-8-11-24)18-25-14-15-27(48-3)20-32(25)49-4/h6-15,18-20,33H,5,16-17,22H2,1-4H3,(H,40,46)(H,41,45)(H,42,47)/b31-18+. The van der Waals surface area contributed by atoms with Gasteiger partial charge in [0.15, 0.2) is 0 Å². The maximum absolute atomic E-state index is 13.7. The van der Waals surface area contributed by atoms with Gasteiger partial charge >= 0.3 is 0 Å². The van der Waals surface area contributed by atoms with Gasteiger partial charge in [0, 0.05) is 46.1 Å². The molecule has 51 heavy (non-hydrogen) atoms. The Morgan fingerprint density at radius 2 is 1.80 bits per heavy atom. The Hall–Kier alpha value is -5.58. The van der Waals surface area contributed by atoms with Crippen LogP contribution in [0.5, 0.6) is 11.5 Å². The summed E-state index contributed by atoms with van der Waals surface area (Å²) < 4.78 is 10.8. The monoisotopic (exact) mass is 723 g/mol. The van der Waals surface area contributed by atoms with Crippen molar-refractivity contribution < 1.29 is 28.7 Å². The fourth-order valence-corrected chi connectivity index (χ4v) is 7.67. The molecule has 4 aromatic rings. The zero-order chi connectivity index (χ0) is 36.5. The molecular formula is C38H37N5O6S2. The van der Waals surface area contributed by atoms with Gasteiger partial charge < -0.3 is 30.3 Å². The third-order valence-electron chi connectivity index (χ3n) is 8.15. The van der Waals surface area contributed by atoms with Crippen LogP contribution in [0.1, 0.15) is 52.2 Å². The number of hydrogen-bond donors (Lipinski definition) is 3. The van der Waals surface area contributed by atoms with Crippen LogP contribution in [0.2, 0.25) is 0 Å². The Morgan fingerprint density at radius 3 is 2.49 bits per heavy atom. The van der Waals surface area contributed by atoms with E-state index in [9.17, 15) is 24.4 Å². The third-order valence-corrected chi connectivity index (χ3v) is 10.6. The number of thioether (sulfide) groups is 1. The van der Waals surface area contributed by atoms with Crippen molar-refractivity contribution in [2.75, 3.05) is 31.4 Å². The van der Waals surface area contributed by atoms with E-state index >= 15 is 0 Å². The fourth-order valence-electron chi connectivity index (χ4n) is 5.44. The summed E-state index contributed by atoms with van der Waals surface area (Å²) in [5.74, 6) is -0.305. The molecule has 2 heterocycles. The maximum atomic E-state index is 13.7. The summed E-state index contributed by atoms with van der Waals surface area (Å²) in [6.45, 7) is 4.38. The molecule has 4 amide bonds. The Morgan fingerprint density at radius 1 is 1.02 bits per heavy atom. The quantitative estimate of drug-likeness (QED) is 0.111. The average Bonchev–Trinajstić information content (AvgIpc) is 3.49. The topological polar surface area (TPSA) is 150 Å². The molecule has 0 radical (unpaired) electrons. The van der Waals surface area contributed by atoms with Gasteiger partial charge in [0.2, 0.25) is 11.8 Å². The third kappa shape index (κ3) is 8.97. The first-order valence-electron chi connectivity index (χ1n) is 16.1. The van der Waals surface area contributed by atoms with Crippen LogP contribution in [-0.4, -0.2) is 54.5 Å². The second kappa shape index (κ2) is 16.9. The molecule has 0 saturated heterocycles. The van der Waals surface area contributed by atoms with Crippen molar-refractivity contribution in [2.45, 2.75) is 43.4 Å². The van der Waals surface area contributed by atoms with Crippen molar-refractivity contribution in [1.82, 2.24) is 10.2 Å². The van der Waals surface area contributed by atoms with Crippen molar-refractivity contribution in [2.24, 2.45) is 0 Å². The molecule has 0 bridgehead atoms. The minimum atomic E-state index is -0.571. The smallest absolute Gasteiger partial charge is 0.272 e. The number of nitrogens with zero attached hydrogens (tertiary/aromatic N) is 2. The van der Waals surface area contributed by atoms with E-state index in [-0.39, 0.29) is 17.5 Å². The van der Waals surface area contributed by atoms with Crippen molar-refractivity contribution in [3.05, 3.63) is 106 Å². The number of methoxy groups -OCH3 is 2. The molecule has 1 atom stereocenters. The van der Waals surface area contributed by atoms with E-state index in [4.69, 9.17) is 9.47 Å². The Balaban J connectivity index is 1.33. The van der Waals surface area contributed by atoms with E-state index in [1.165, 1.54) is 50.3 Å². The van der Waals surface area contributed by atoms with Crippen molar-refractivity contribution in [3.8, 4) is 17.6 Å². The number of benzene rings is 3. The molecule has 262 valence electrons. The molecule has 0 aliphatic carbocycles. The van der Waals surface area contributed by atoms with E-state index in [0.29, 0.717) is 64.8 Å². The van der Waals surface area contributed by atoms with Gasteiger partial charge in [-0.3, -0.25) is 19.2 Å². The van der Waals surface area contributed by atoms with Crippen molar-refractivity contribution in [3.63, 3.8) is 0 Å². The van der Waals surface area contributed by atoms with Gasteiger partial charge in [0.25, 0.3) is 11.8 Å². The summed E-state index contributed by atoms with van der Waals surface area (Å²) >= 11 is 2.66. The molecule has 0 saturated carbocycles. The number of nitrogens with one attached hydrogen (secondary N) is 3. The van der Waals surface area contributed by atoms with Crippen molar-refractivity contribution >= 4 is 63.5 Å². The van der Waals surface area contributed by atoms with Crippen molar-refractivity contribution in [1.29, 1.82) is 5.26 Å². The molecule has 11 nitrogen and oxygen atoms in total. The van der Waals surface area contributed by atoms with E-state index in [1.54, 1.807) is 71.6 Å². The van der Waals surface area contributed by atoms with E-state index in [2.05, 4.69) is 22.0 Å². The van der Waals surface area contributed by atoms with E-state index in [1.807, 2.05) is 13.0 Å². The molecule has 3 N–H and O–H groups in total. The predicted molar refractivity (Wildman–Crippen MR) is 199 cm³/mol. The molecule has 3 aromatic carbocycles. The number of thiophene rings is 1. The summed E-state index contributed by atoms with van der Waals surface area (Å²) in [7, 11) is 3.04. The maximum Gasteiger partial charge on any atom is 0.272 e. The highest BCUT2D eigenvalue weighted by Gasteiger charge is 2.28. The lowest BCUT2D eigenvalue weighted by Gasteiger charge is -2.25. The summed E-state index contributed by atoms with van der Waals surface area (Å²) in [6.07, 6.45) is 2.59. The second-order valence-electron chi connectivity index (χ2n) is 11.5. The SMILES string of the molecule is CCC(Sc1cccc(NC(=O)/C(=C\c2ccc(OC)cc2OC)NC(=O)c2ccccc2)c1)C(=O)Nc1sc2c(c1C#N)CCN(C(C)=O)C2. The molecule has 1 aromatic heterocycles. The predicted octanol–water partition coefficient (Wildman–Crippen LogP) is 6.46. The van der Waals surface area contributed by atoms with Crippen LogP contribution in [0.15, 0.2) is 83.4 Å². The van der Waals surface area contributed by atoms with Gasteiger partial charge in [-0.1, -0.05) is 31.2 Å². The number of nitriles is 1. The minimum Gasteiger partial charge on any atom is -0.497 e. The minimum absolute atomic E-state index is 0.0189. The molecule has 1 unspecified atom stereocenters. The number of carbonyl (C=O) groups is 4. The fraction of sp³-hybridized carbons (Fsp3) is 0.237. The van der Waals surface area contributed by atoms with Crippen LogP contribution < -0.4 is 25.4 Å². The summed E-state index contributed by atoms with van der Waals surface area (Å²) in [5.41, 5.74) is 2.69. The lowest BCUT2D eigenvalue weighted by Crippen LogP contribution is -2.33. The number of rotatable bonds is 12. The van der Waals surface area contributed by atoms with Crippen LogP contribution in [0.3, 0.4) is 0 Å². The van der Waals surface area contributed by atoms with Gasteiger partial charge in [0.1, 0.15) is 28.3 Å². The normalized spacial score (nSPS) is 12.9.